The first-order valence-electron chi connectivity index (χ1n) is 4.51. The molecule has 0 amide bonds. The van der Waals surface area contributed by atoms with E-state index in [1.54, 1.807) is 0 Å². The highest BCUT2D eigenvalue weighted by atomic mass is 35.5. The normalized spacial score (nSPS) is 18.4. The third kappa shape index (κ3) is 1.67. The molecule has 0 unspecified atom stereocenters. The van der Waals surface area contributed by atoms with Gasteiger partial charge in [-0.1, -0.05) is 16.8 Å². The zero-order chi connectivity index (χ0) is 9.97. The lowest BCUT2D eigenvalue weighted by atomic mass is 9.96. The molecule has 0 atom stereocenters. The number of halogens is 1. The Morgan fingerprint density at radius 3 is 2.71 bits per heavy atom. The second-order valence-electron chi connectivity index (χ2n) is 3.25. The Hall–Kier alpha value is -0.870. The van der Waals surface area contributed by atoms with E-state index in [0.29, 0.717) is 30.2 Å². The molecule has 0 N–H and O–H groups in total. The van der Waals surface area contributed by atoms with Crippen molar-refractivity contribution < 1.29 is 14.1 Å². The molecule has 14 heavy (non-hydrogen) atoms. The van der Waals surface area contributed by atoms with E-state index in [-0.39, 0.29) is 11.7 Å². The quantitative estimate of drug-likeness (QED) is 0.709. The average Bonchev–Trinajstić information content (AvgIpc) is 2.61. The number of ether oxygens (including phenoxy) is 1. The molecule has 0 spiro atoms. The van der Waals surface area contributed by atoms with E-state index >= 15 is 0 Å². The van der Waals surface area contributed by atoms with Crippen LogP contribution in [0.25, 0.3) is 0 Å². The van der Waals surface area contributed by atoms with Crippen LogP contribution < -0.4 is 0 Å². The molecule has 0 bridgehead atoms. The first-order valence-corrected chi connectivity index (χ1v) is 4.88. The lowest BCUT2D eigenvalue weighted by molar-refractivity contribution is 0.0837. The van der Waals surface area contributed by atoms with Crippen LogP contribution >= 0.6 is 11.6 Å². The van der Waals surface area contributed by atoms with Crippen molar-refractivity contribution in [1.82, 2.24) is 5.16 Å². The molecular weight excluding hydrogens is 206 g/mol. The van der Waals surface area contributed by atoms with Gasteiger partial charge in [0.15, 0.2) is 6.29 Å². The first kappa shape index (κ1) is 9.68. The van der Waals surface area contributed by atoms with Crippen LogP contribution in [0.2, 0.25) is 5.02 Å². The van der Waals surface area contributed by atoms with Crippen LogP contribution in [0.5, 0.6) is 0 Å². The van der Waals surface area contributed by atoms with Gasteiger partial charge in [0, 0.05) is 19.1 Å². The first-order chi connectivity index (χ1) is 6.83. The Bertz CT molecular complexity index is 331. The molecule has 1 saturated heterocycles. The molecule has 0 aromatic carbocycles. The molecule has 0 radical (unpaired) electrons. The smallest absolute Gasteiger partial charge is 0.218 e. The summed E-state index contributed by atoms with van der Waals surface area (Å²) in [5.74, 6) is 0.377. The molecule has 4 nitrogen and oxygen atoms in total. The fraction of sp³-hybridized carbons (Fsp3) is 0.556. The fourth-order valence-electron chi connectivity index (χ4n) is 1.60. The molecule has 5 heteroatoms. The minimum absolute atomic E-state index is 0.119. The maximum Gasteiger partial charge on any atom is 0.218 e. The number of aromatic nitrogens is 1. The van der Waals surface area contributed by atoms with Gasteiger partial charge in [0.25, 0.3) is 0 Å². The van der Waals surface area contributed by atoms with E-state index in [4.69, 9.17) is 20.9 Å². The van der Waals surface area contributed by atoms with Gasteiger partial charge >= 0.3 is 0 Å². The van der Waals surface area contributed by atoms with E-state index in [1.165, 1.54) is 0 Å². The van der Waals surface area contributed by atoms with Gasteiger partial charge in [0.2, 0.25) is 5.76 Å². The van der Waals surface area contributed by atoms with E-state index < -0.39 is 0 Å². The van der Waals surface area contributed by atoms with Gasteiger partial charge in [0.1, 0.15) is 10.7 Å². The topological polar surface area (TPSA) is 52.3 Å². The highest BCUT2D eigenvalue weighted by Crippen LogP contribution is 2.32. The van der Waals surface area contributed by atoms with E-state index in [1.807, 2.05) is 0 Å². The van der Waals surface area contributed by atoms with Crippen LogP contribution in [0.3, 0.4) is 0 Å². The summed E-state index contributed by atoms with van der Waals surface area (Å²) < 4.78 is 10.0. The van der Waals surface area contributed by atoms with Crippen LogP contribution in [0.4, 0.5) is 0 Å². The molecule has 1 fully saturated rings. The summed E-state index contributed by atoms with van der Waals surface area (Å²) in [5.41, 5.74) is 0.692. The van der Waals surface area contributed by atoms with E-state index in [9.17, 15) is 4.79 Å². The number of rotatable bonds is 2. The zero-order valence-corrected chi connectivity index (χ0v) is 8.29. The molecule has 1 aliphatic rings. The number of carbonyl (C=O) groups is 1. The third-order valence-corrected chi connectivity index (χ3v) is 2.78. The SMILES string of the molecule is O=Cc1onc(C2CCOCC2)c1Cl. The van der Waals surface area contributed by atoms with Crippen molar-refractivity contribution in [3.8, 4) is 0 Å². The number of carbonyl (C=O) groups excluding carboxylic acids is 1. The molecule has 1 aliphatic heterocycles. The van der Waals surface area contributed by atoms with Crippen LogP contribution in [0.15, 0.2) is 4.52 Å². The molecule has 0 saturated carbocycles. The van der Waals surface area contributed by atoms with Gasteiger partial charge in [-0.05, 0) is 12.8 Å². The maximum absolute atomic E-state index is 10.5. The van der Waals surface area contributed by atoms with Crippen molar-refractivity contribution in [3.05, 3.63) is 16.5 Å². The van der Waals surface area contributed by atoms with E-state index in [2.05, 4.69) is 5.16 Å². The minimum Gasteiger partial charge on any atom is -0.381 e. The Labute approximate surface area is 86.2 Å². The van der Waals surface area contributed by atoms with Crippen molar-refractivity contribution in [2.24, 2.45) is 0 Å². The standard InChI is InChI=1S/C9H10ClNO3/c10-8-7(5-12)14-11-9(8)6-1-3-13-4-2-6/h5-6H,1-4H2. The van der Waals surface area contributed by atoms with Crippen LogP contribution in [-0.4, -0.2) is 24.7 Å². The number of nitrogens with zero attached hydrogens (tertiary/aromatic N) is 1. The highest BCUT2D eigenvalue weighted by molar-refractivity contribution is 6.33. The van der Waals surface area contributed by atoms with Crippen molar-refractivity contribution in [1.29, 1.82) is 0 Å². The largest absolute Gasteiger partial charge is 0.381 e. The predicted octanol–water partition coefficient (Wildman–Crippen LogP) is 2.03. The second kappa shape index (κ2) is 4.11. The minimum atomic E-state index is 0.119. The molecule has 0 aliphatic carbocycles. The zero-order valence-electron chi connectivity index (χ0n) is 7.53. The lowest BCUT2D eigenvalue weighted by Crippen LogP contribution is -2.14. The monoisotopic (exact) mass is 215 g/mol. The van der Waals surface area contributed by atoms with Gasteiger partial charge in [-0.15, -0.1) is 0 Å². The fourth-order valence-corrected chi connectivity index (χ4v) is 1.87. The Morgan fingerprint density at radius 1 is 1.43 bits per heavy atom. The highest BCUT2D eigenvalue weighted by Gasteiger charge is 2.24. The predicted molar refractivity (Wildman–Crippen MR) is 49.7 cm³/mol. The Balaban J connectivity index is 2.22. The summed E-state index contributed by atoms with van der Waals surface area (Å²) in [4.78, 5) is 10.5. The summed E-state index contributed by atoms with van der Waals surface area (Å²) in [6.07, 6.45) is 2.34. The van der Waals surface area contributed by atoms with Crippen LogP contribution in [0, 0.1) is 0 Å². The Kier molecular flexibility index (Phi) is 2.84. The van der Waals surface area contributed by atoms with Gasteiger partial charge in [0.05, 0.1) is 0 Å². The molecule has 76 valence electrons. The number of hydrogen-bond acceptors (Lipinski definition) is 4. The van der Waals surface area contributed by atoms with Crippen molar-refractivity contribution in [2.75, 3.05) is 13.2 Å². The summed E-state index contributed by atoms with van der Waals surface area (Å²) in [7, 11) is 0. The maximum atomic E-state index is 10.5. The number of aldehydes is 1. The summed E-state index contributed by atoms with van der Waals surface area (Å²) in [6.45, 7) is 1.43. The Morgan fingerprint density at radius 2 is 2.14 bits per heavy atom. The van der Waals surface area contributed by atoms with Gasteiger partial charge in [-0.25, -0.2) is 0 Å². The van der Waals surface area contributed by atoms with Crippen LogP contribution in [0.1, 0.15) is 35.0 Å². The van der Waals surface area contributed by atoms with Crippen molar-refractivity contribution >= 4 is 17.9 Å². The molecule has 1 aromatic heterocycles. The summed E-state index contributed by atoms with van der Waals surface area (Å²) in [6, 6.07) is 0. The van der Waals surface area contributed by atoms with Crippen molar-refractivity contribution in [3.63, 3.8) is 0 Å². The molecule has 2 heterocycles. The molecular formula is C9H10ClNO3. The number of hydrogen-bond donors (Lipinski definition) is 0. The second-order valence-corrected chi connectivity index (χ2v) is 3.63. The van der Waals surface area contributed by atoms with Gasteiger partial charge in [-0.3, -0.25) is 4.79 Å². The van der Waals surface area contributed by atoms with Gasteiger partial charge < -0.3 is 9.26 Å². The van der Waals surface area contributed by atoms with Gasteiger partial charge in [-0.2, -0.15) is 0 Å². The molecule has 1 aromatic rings. The van der Waals surface area contributed by atoms with E-state index in [0.717, 1.165) is 12.8 Å². The summed E-state index contributed by atoms with van der Waals surface area (Å²) in [5, 5.41) is 4.17. The van der Waals surface area contributed by atoms with Crippen molar-refractivity contribution in [2.45, 2.75) is 18.8 Å². The third-order valence-electron chi connectivity index (χ3n) is 2.40. The lowest BCUT2D eigenvalue weighted by Gasteiger charge is -2.19. The summed E-state index contributed by atoms with van der Waals surface area (Å²) >= 11 is 5.93. The average molecular weight is 216 g/mol. The molecule has 2 rings (SSSR count). The van der Waals surface area contributed by atoms with Crippen LogP contribution in [-0.2, 0) is 4.74 Å².